The van der Waals surface area contributed by atoms with Crippen molar-refractivity contribution in [1.82, 2.24) is 5.27 Å². The number of hydrogen-bond donors (Lipinski definition) is 2. The SMILES string of the molecule is COc1cc(Cl)c(C)cc1NC(=O)CSc1c(=O)o[nH][n+]1-c1ccccc1. The minimum Gasteiger partial charge on any atom is -0.495 e. The van der Waals surface area contributed by atoms with Crippen LogP contribution in [0, 0.1) is 6.92 Å². The number of carbonyl (C=O) groups excluding carboxylic acids is 1. The van der Waals surface area contributed by atoms with Crippen LogP contribution in [0.15, 0.2) is 56.8 Å². The zero-order chi connectivity index (χ0) is 19.4. The minimum atomic E-state index is -0.545. The van der Waals surface area contributed by atoms with Crippen LogP contribution in [0.5, 0.6) is 5.75 Å². The van der Waals surface area contributed by atoms with Gasteiger partial charge in [-0.05, 0) is 40.3 Å². The maximum absolute atomic E-state index is 12.4. The topological polar surface area (TPSA) is 88.2 Å². The molecular formula is C18H17ClN3O4S+. The molecular weight excluding hydrogens is 390 g/mol. The lowest BCUT2D eigenvalue weighted by Gasteiger charge is -2.11. The number of hydrogen-bond acceptors (Lipinski definition) is 5. The molecule has 1 amide bonds. The molecule has 0 aliphatic rings. The summed E-state index contributed by atoms with van der Waals surface area (Å²) < 4.78 is 11.6. The lowest BCUT2D eigenvalue weighted by atomic mass is 10.2. The van der Waals surface area contributed by atoms with Crippen LogP contribution in [0.3, 0.4) is 0 Å². The molecule has 140 valence electrons. The summed E-state index contributed by atoms with van der Waals surface area (Å²) >= 11 is 7.14. The molecule has 0 radical (unpaired) electrons. The Bertz CT molecular complexity index is 1020. The molecule has 0 unspecified atom stereocenters. The van der Waals surface area contributed by atoms with Gasteiger partial charge in [-0.2, -0.15) is 0 Å². The Hall–Kier alpha value is -2.71. The van der Waals surface area contributed by atoms with Crippen LogP contribution in [0.2, 0.25) is 5.02 Å². The number of anilines is 1. The van der Waals surface area contributed by atoms with Gasteiger partial charge in [0, 0.05) is 23.2 Å². The third-order valence-corrected chi connectivity index (χ3v) is 5.15. The van der Waals surface area contributed by atoms with E-state index in [1.165, 1.54) is 11.8 Å². The van der Waals surface area contributed by atoms with E-state index in [4.69, 9.17) is 20.9 Å². The summed E-state index contributed by atoms with van der Waals surface area (Å²) in [5.74, 6) is 0.185. The number of benzene rings is 2. The highest BCUT2D eigenvalue weighted by molar-refractivity contribution is 7.99. The molecule has 2 aromatic carbocycles. The predicted octanol–water partition coefficient (Wildman–Crippen LogP) is 2.95. The fourth-order valence-electron chi connectivity index (χ4n) is 2.38. The van der Waals surface area contributed by atoms with Crippen molar-refractivity contribution in [3.05, 3.63) is 63.5 Å². The second-order valence-electron chi connectivity index (χ2n) is 5.60. The first-order chi connectivity index (χ1) is 13.0. The second-order valence-corrected chi connectivity index (χ2v) is 6.97. The molecule has 3 rings (SSSR count). The number of H-pyrrole nitrogens is 1. The second kappa shape index (κ2) is 8.32. The number of aromatic amines is 1. The highest BCUT2D eigenvalue weighted by atomic mass is 35.5. The number of methoxy groups -OCH3 is 1. The Labute approximate surface area is 164 Å². The van der Waals surface area contributed by atoms with Crippen LogP contribution in [0.25, 0.3) is 5.69 Å². The summed E-state index contributed by atoms with van der Waals surface area (Å²) in [6.45, 7) is 1.83. The van der Waals surface area contributed by atoms with Gasteiger partial charge in [0.25, 0.3) is 0 Å². The molecule has 0 atom stereocenters. The van der Waals surface area contributed by atoms with Crippen molar-refractivity contribution in [2.24, 2.45) is 0 Å². The molecule has 0 aliphatic carbocycles. The molecule has 2 N–H and O–H groups in total. The average molecular weight is 407 g/mol. The fraction of sp³-hybridized carbons (Fsp3) is 0.167. The first kappa shape index (κ1) is 19.1. The number of ether oxygens (including phenoxy) is 1. The van der Waals surface area contributed by atoms with E-state index in [-0.39, 0.29) is 16.7 Å². The Balaban J connectivity index is 1.73. The number of aryl methyl sites for hydroxylation is 1. The van der Waals surface area contributed by atoms with E-state index in [0.717, 1.165) is 23.0 Å². The third kappa shape index (κ3) is 4.35. The van der Waals surface area contributed by atoms with E-state index >= 15 is 0 Å². The minimum absolute atomic E-state index is 0.0142. The van der Waals surface area contributed by atoms with E-state index in [2.05, 4.69) is 10.6 Å². The molecule has 0 spiro atoms. The van der Waals surface area contributed by atoms with E-state index < -0.39 is 5.63 Å². The van der Waals surface area contributed by atoms with Gasteiger partial charge >= 0.3 is 10.7 Å². The number of rotatable bonds is 6. The van der Waals surface area contributed by atoms with Crippen molar-refractivity contribution in [2.45, 2.75) is 11.9 Å². The summed E-state index contributed by atoms with van der Waals surface area (Å²) in [6.07, 6.45) is 0. The average Bonchev–Trinajstić information content (AvgIpc) is 3.04. The predicted molar refractivity (Wildman–Crippen MR) is 103 cm³/mol. The summed E-state index contributed by atoms with van der Waals surface area (Å²) in [5, 5.41) is 6.14. The summed E-state index contributed by atoms with van der Waals surface area (Å²) in [6, 6.07) is 12.5. The molecule has 27 heavy (non-hydrogen) atoms. The number of para-hydroxylation sites is 1. The molecule has 0 saturated heterocycles. The largest absolute Gasteiger partial charge is 0.495 e. The van der Waals surface area contributed by atoms with E-state index in [0.29, 0.717) is 16.5 Å². The van der Waals surface area contributed by atoms with Gasteiger partial charge in [0.1, 0.15) is 5.75 Å². The van der Waals surface area contributed by atoms with Gasteiger partial charge in [-0.15, -0.1) is 0 Å². The summed E-state index contributed by atoms with van der Waals surface area (Å²) in [4.78, 5) is 24.3. The molecule has 0 fully saturated rings. The van der Waals surface area contributed by atoms with Crippen LogP contribution in [0.4, 0.5) is 5.69 Å². The van der Waals surface area contributed by atoms with E-state index in [9.17, 15) is 9.59 Å². The van der Waals surface area contributed by atoms with Gasteiger partial charge < -0.3 is 10.1 Å². The van der Waals surface area contributed by atoms with Crippen LogP contribution >= 0.6 is 23.4 Å². The van der Waals surface area contributed by atoms with Crippen LogP contribution in [-0.4, -0.2) is 24.0 Å². The van der Waals surface area contributed by atoms with Gasteiger partial charge in [0.2, 0.25) is 11.6 Å². The van der Waals surface area contributed by atoms with Crippen LogP contribution < -0.4 is 20.4 Å². The molecule has 0 aliphatic heterocycles. The number of aromatic nitrogens is 2. The van der Waals surface area contributed by atoms with Crippen molar-refractivity contribution >= 4 is 35.0 Å². The van der Waals surface area contributed by atoms with Crippen molar-refractivity contribution in [2.75, 3.05) is 18.2 Å². The van der Waals surface area contributed by atoms with E-state index in [1.807, 2.05) is 37.3 Å². The number of nitrogens with zero attached hydrogens (tertiary/aromatic N) is 1. The number of nitrogens with one attached hydrogen (secondary N) is 2. The normalized spacial score (nSPS) is 10.6. The Morgan fingerprint density at radius 3 is 2.78 bits per heavy atom. The lowest BCUT2D eigenvalue weighted by Crippen LogP contribution is -2.36. The highest BCUT2D eigenvalue weighted by Crippen LogP contribution is 2.31. The Morgan fingerprint density at radius 2 is 2.07 bits per heavy atom. The molecule has 0 bridgehead atoms. The first-order valence-electron chi connectivity index (χ1n) is 7.95. The quantitative estimate of drug-likeness (QED) is 0.485. The maximum atomic E-state index is 12.4. The zero-order valence-electron chi connectivity index (χ0n) is 14.6. The standard InChI is InChI=1S/C18H16ClN3O4S/c1-11-8-14(15(25-2)9-13(11)19)20-16(23)10-27-17-18(24)26-21-22(17)12-6-4-3-5-7-12/h3-9H,10H2,1-2H3,(H-,20,21,23,24)/p+1. The molecule has 7 nitrogen and oxygen atoms in total. The summed E-state index contributed by atoms with van der Waals surface area (Å²) in [5.41, 5.74) is 1.51. The number of amides is 1. The monoisotopic (exact) mass is 406 g/mol. The molecule has 0 saturated carbocycles. The first-order valence-corrected chi connectivity index (χ1v) is 9.31. The molecule has 3 aromatic rings. The third-order valence-electron chi connectivity index (χ3n) is 3.72. The van der Waals surface area contributed by atoms with Gasteiger partial charge in [-0.25, -0.2) is 4.79 Å². The summed E-state index contributed by atoms with van der Waals surface area (Å²) in [7, 11) is 1.50. The van der Waals surface area contributed by atoms with E-state index in [1.54, 1.807) is 12.1 Å². The van der Waals surface area contributed by atoms with Gasteiger partial charge in [-0.1, -0.05) is 29.8 Å². The Morgan fingerprint density at radius 1 is 1.33 bits per heavy atom. The smallest absolute Gasteiger partial charge is 0.442 e. The lowest BCUT2D eigenvalue weighted by molar-refractivity contribution is -0.704. The zero-order valence-corrected chi connectivity index (χ0v) is 16.2. The van der Waals surface area contributed by atoms with Crippen molar-refractivity contribution in [3.63, 3.8) is 0 Å². The van der Waals surface area contributed by atoms with Crippen molar-refractivity contribution in [3.8, 4) is 11.4 Å². The maximum Gasteiger partial charge on any atom is 0.442 e. The van der Waals surface area contributed by atoms with Crippen LogP contribution in [0.1, 0.15) is 5.56 Å². The fourth-order valence-corrected chi connectivity index (χ4v) is 3.31. The molecule has 1 aromatic heterocycles. The highest BCUT2D eigenvalue weighted by Gasteiger charge is 2.25. The number of carbonyl (C=O) groups is 1. The van der Waals surface area contributed by atoms with Gasteiger partial charge in [-0.3, -0.25) is 9.32 Å². The van der Waals surface area contributed by atoms with Gasteiger partial charge in [0.05, 0.1) is 18.6 Å². The molecule has 9 heteroatoms. The molecule has 1 heterocycles. The number of halogens is 1. The van der Waals surface area contributed by atoms with Crippen molar-refractivity contribution in [1.29, 1.82) is 0 Å². The Kier molecular flexibility index (Phi) is 5.88. The van der Waals surface area contributed by atoms with Gasteiger partial charge in [0.15, 0.2) is 0 Å². The van der Waals surface area contributed by atoms with Crippen LogP contribution in [-0.2, 0) is 4.79 Å². The van der Waals surface area contributed by atoms with Crippen molar-refractivity contribution < 1.29 is 18.7 Å². The number of thioether (sulfide) groups is 1.